The standard InChI is InChI=1S/C27H23N5O5/c1-16-23(26(34)30(28-16)18-9-5-3-6-10-18)25(21-15-20(32(36)37)13-14-22(21)33)24-17(2)29-31(27(24)35)19-11-7-4-8-12-19/h3-15,23-25,33H,1-2H3. The molecule has 0 bridgehead atoms. The number of phenols is 1. The van der Waals surface area contributed by atoms with E-state index in [2.05, 4.69) is 10.2 Å². The van der Waals surface area contributed by atoms with Gasteiger partial charge < -0.3 is 5.11 Å². The van der Waals surface area contributed by atoms with E-state index < -0.39 is 34.5 Å². The van der Waals surface area contributed by atoms with E-state index in [1.54, 1.807) is 62.4 Å². The highest BCUT2D eigenvalue weighted by Gasteiger charge is 2.51. The number of amides is 2. The van der Waals surface area contributed by atoms with Crippen molar-refractivity contribution in [2.24, 2.45) is 22.0 Å². The number of hydrogen-bond acceptors (Lipinski definition) is 7. The summed E-state index contributed by atoms with van der Waals surface area (Å²) in [6.07, 6.45) is 0. The molecule has 0 saturated heterocycles. The summed E-state index contributed by atoms with van der Waals surface area (Å²) in [5.74, 6) is -3.99. The zero-order chi connectivity index (χ0) is 26.3. The number of para-hydroxylation sites is 2. The molecule has 0 fully saturated rings. The fourth-order valence-corrected chi connectivity index (χ4v) is 4.97. The molecule has 1 N–H and O–H groups in total. The molecule has 2 atom stereocenters. The normalized spacial score (nSPS) is 20.2. The average molecular weight is 498 g/mol. The first kappa shape index (κ1) is 23.9. The summed E-state index contributed by atoms with van der Waals surface area (Å²) in [5.41, 5.74) is 1.78. The summed E-state index contributed by atoms with van der Waals surface area (Å²) in [6, 6.07) is 21.3. The van der Waals surface area contributed by atoms with Crippen molar-refractivity contribution >= 4 is 40.3 Å². The Morgan fingerprint density at radius 2 is 1.27 bits per heavy atom. The van der Waals surface area contributed by atoms with E-state index in [0.29, 0.717) is 22.8 Å². The Kier molecular flexibility index (Phi) is 6.00. The van der Waals surface area contributed by atoms with E-state index in [1.165, 1.54) is 28.2 Å². The second-order valence-corrected chi connectivity index (χ2v) is 8.94. The Morgan fingerprint density at radius 1 is 0.811 bits per heavy atom. The fraction of sp³-hybridized carbons (Fsp3) is 0.185. The maximum atomic E-state index is 13.8. The molecule has 2 aliphatic heterocycles. The highest BCUT2D eigenvalue weighted by Crippen LogP contribution is 2.45. The number of nitrogens with zero attached hydrogens (tertiary/aromatic N) is 5. The third kappa shape index (κ3) is 4.12. The molecule has 0 aliphatic carbocycles. The van der Waals surface area contributed by atoms with E-state index in [0.717, 1.165) is 0 Å². The van der Waals surface area contributed by atoms with Crippen molar-refractivity contribution in [3.63, 3.8) is 0 Å². The molecule has 2 heterocycles. The van der Waals surface area contributed by atoms with Crippen molar-refractivity contribution in [2.45, 2.75) is 19.8 Å². The van der Waals surface area contributed by atoms with Crippen LogP contribution >= 0.6 is 0 Å². The van der Waals surface area contributed by atoms with Gasteiger partial charge in [-0.25, -0.2) is 10.0 Å². The summed E-state index contributed by atoms with van der Waals surface area (Å²) >= 11 is 0. The molecule has 0 spiro atoms. The van der Waals surface area contributed by atoms with Gasteiger partial charge in [-0.05, 0) is 44.2 Å². The molecule has 2 unspecified atom stereocenters. The molecular weight excluding hydrogens is 474 g/mol. The predicted molar refractivity (Wildman–Crippen MR) is 139 cm³/mol. The van der Waals surface area contributed by atoms with Crippen LogP contribution in [0.3, 0.4) is 0 Å². The lowest BCUT2D eigenvalue weighted by molar-refractivity contribution is -0.385. The number of nitro groups is 1. The lowest BCUT2D eigenvalue weighted by atomic mass is 9.72. The Balaban J connectivity index is 1.64. The van der Waals surface area contributed by atoms with Gasteiger partial charge in [0.2, 0.25) is 0 Å². The number of non-ortho nitro benzene ring substituents is 1. The molecule has 0 aromatic heterocycles. The summed E-state index contributed by atoms with van der Waals surface area (Å²) in [7, 11) is 0. The largest absolute Gasteiger partial charge is 0.508 e. The van der Waals surface area contributed by atoms with Gasteiger partial charge in [-0.1, -0.05) is 36.4 Å². The lowest BCUT2D eigenvalue weighted by Crippen LogP contribution is -2.40. The first-order valence-corrected chi connectivity index (χ1v) is 11.6. The highest BCUT2D eigenvalue weighted by molar-refractivity contribution is 6.19. The maximum Gasteiger partial charge on any atom is 0.269 e. The van der Waals surface area contributed by atoms with Crippen LogP contribution in [0.1, 0.15) is 25.3 Å². The van der Waals surface area contributed by atoms with E-state index >= 15 is 0 Å². The second kappa shape index (κ2) is 9.30. The van der Waals surface area contributed by atoms with Gasteiger partial charge in [-0.2, -0.15) is 10.2 Å². The van der Waals surface area contributed by atoms with Crippen molar-refractivity contribution in [2.75, 3.05) is 10.0 Å². The zero-order valence-corrected chi connectivity index (χ0v) is 20.1. The van der Waals surface area contributed by atoms with Crippen LogP contribution in [0.15, 0.2) is 89.1 Å². The Morgan fingerprint density at radius 3 is 1.70 bits per heavy atom. The SMILES string of the molecule is CC1=NN(c2ccccc2)C(=O)C1C(c1cc([N+](=O)[O-])ccc1O)C1C(=O)N(c2ccccc2)N=C1C. The molecule has 10 heteroatoms. The Hall–Kier alpha value is -4.86. The molecule has 0 radical (unpaired) electrons. The van der Waals surface area contributed by atoms with Gasteiger partial charge in [0, 0.05) is 35.0 Å². The minimum absolute atomic E-state index is 0.111. The first-order valence-electron chi connectivity index (χ1n) is 11.6. The van der Waals surface area contributed by atoms with Crippen molar-refractivity contribution in [1.29, 1.82) is 0 Å². The molecule has 2 aliphatic rings. The number of hydrazone groups is 2. The molecule has 3 aromatic carbocycles. The van der Waals surface area contributed by atoms with Gasteiger partial charge in [0.25, 0.3) is 17.5 Å². The Bertz CT molecular complexity index is 1380. The quantitative estimate of drug-likeness (QED) is 0.397. The second-order valence-electron chi connectivity index (χ2n) is 8.94. The number of hydrogen-bond donors (Lipinski definition) is 1. The monoisotopic (exact) mass is 497 g/mol. The lowest BCUT2D eigenvalue weighted by Gasteiger charge is -2.29. The summed E-state index contributed by atoms with van der Waals surface area (Å²) in [5, 5.41) is 33.9. The van der Waals surface area contributed by atoms with Crippen LogP contribution in [0, 0.1) is 22.0 Å². The van der Waals surface area contributed by atoms with Crippen LogP contribution in [0.2, 0.25) is 0 Å². The molecule has 3 aromatic rings. The minimum Gasteiger partial charge on any atom is -0.508 e. The average Bonchev–Trinajstić information content (AvgIpc) is 3.36. The van der Waals surface area contributed by atoms with E-state index in [9.17, 15) is 24.8 Å². The number of benzene rings is 3. The van der Waals surface area contributed by atoms with Crippen LogP contribution in [-0.2, 0) is 9.59 Å². The van der Waals surface area contributed by atoms with Gasteiger partial charge >= 0.3 is 0 Å². The molecule has 10 nitrogen and oxygen atoms in total. The number of carbonyl (C=O) groups excluding carboxylic acids is 2. The maximum absolute atomic E-state index is 13.8. The van der Waals surface area contributed by atoms with Crippen LogP contribution in [0.5, 0.6) is 5.75 Å². The van der Waals surface area contributed by atoms with Gasteiger partial charge in [0.1, 0.15) is 5.75 Å². The van der Waals surface area contributed by atoms with Gasteiger partial charge in [-0.3, -0.25) is 19.7 Å². The number of carbonyl (C=O) groups is 2. The van der Waals surface area contributed by atoms with Crippen LogP contribution in [-0.4, -0.2) is 33.3 Å². The fourth-order valence-electron chi connectivity index (χ4n) is 4.97. The van der Waals surface area contributed by atoms with Crippen molar-refractivity contribution in [3.8, 4) is 5.75 Å². The van der Waals surface area contributed by atoms with E-state index in [-0.39, 0.29) is 17.0 Å². The minimum atomic E-state index is -0.991. The highest BCUT2D eigenvalue weighted by atomic mass is 16.6. The number of phenolic OH excluding ortho intramolecular Hbond substituents is 1. The molecule has 0 saturated carbocycles. The number of rotatable bonds is 6. The molecular formula is C27H23N5O5. The predicted octanol–water partition coefficient (Wildman–Crippen LogP) is 4.46. The summed E-state index contributed by atoms with van der Waals surface area (Å²) in [4.78, 5) is 38.6. The van der Waals surface area contributed by atoms with Crippen LogP contribution in [0.25, 0.3) is 0 Å². The topological polar surface area (TPSA) is 129 Å². The summed E-state index contributed by atoms with van der Waals surface area (Å²) in [6.45, 7) is 3.35. The van der Waals surface area contributed by atoms with E-state index in [4.69, 9.17) is 0 Å². The van der Waals surface area contributed by atoms with Gasteiger partial charge in [0.15, 0.2) is 0 Å². The third-order valence-electron chi connectivity index (χ3n) is 6.67. The summed E-state index contributed by atoms with van der Waals surface area (Å²) < 4.78 is 0. The Labute approximate surface area is 212 Å². The van der Waals surface area contributed by atoms with Crippen molar-refractivity contribution in [3.05, 3.63) is 94.5 Å². The zero-order valence-electron chi connectivity index (χ0n) is 20.1. The van der Waals surface area contributed by atoms with Crippen molar-refractivity contribution < 1.29 is 19.6 Å². The van der Waals surface area contributed by atoms with E-state index in [1.807, 2.05) is 12.1 Å². The number of anilines is 2. The van der Waals surface area contributed by atoms with Gasteiger partial charge in [0.05, 0.1) is 28.1 Å². The first-order chi connectivity index (χ1) is 17.8. The number of nitro benzene ring substituents is 1. The molecule has 186 valence electrons. The molecule has 37 heavy (non-hydrogen) atoms. The van der Waals surface area contributed by atoms with Gasteiger partial charge in [-0.15, -0.1) is 0 Å². The van der Waals surface area contributed by atoms with Crippen LogP contribution < -0.4 is 10.0 Å². The smallest absolute Gasteiger partial charge is 0.269 e. The van der Waals surface area contributed by atoms with Crippen LogP contribution in [0.4, 0.5) is 17.1 Å². The number of aromatic hydroxyl groups is 1. The molecule has 5 rings (SSSR count). The molecule has 2 amide bonds. The third-order valence-corrected chi connectivity index (χ3v) is 6.67. The van der Waals surface area contributed by atoms with Crippen molar-refractivity contribution in [1.82, 2.24) is 0 Å².